The predicted octanol–water partition coefficient (Wildman–Crippen LogP) is 2.92. The third-order valence-electron chi connectivity index (χ3n) is 3.81. The second-order valence-electron chi connectivity index (χ2n) is 5.42. The first kappa shape index (κ1) is 16.4. The number of benzene rings is 1. The van der Waals surface area contributed by atoms with E-state index in [4.69, 9.17) is 4.74 Å². The van der Waals surface area contributed by atoms with Crippen LogP contribution in [0.1, 0.15) is 26.2 Å². The third-order valence-corrected chi connectivity index (χ3v) is 6.92. The highest BCUT2D eigenvalue weighted by Crippen LogP contribution is 2.52. The van der Waals surface area contributed by atoms with Crippen LogP contribution in [0.25, 0.3) is 0 Å². The number of sulfone groups is 1. The molecule has 4 nitrogen and oxygen atoms in total. The van der Waals surface area contributed by atoms with Gasteiger partial charge in [-0.05, 0) is 42.5 Å². The number of carbonyl (C=O) groups excluding carboxylic acids is 1. The molecule has 1 aromatic carbocycles. The number of hydrogen-bond acceptors (Lipinski definition) is 5. The third kappa shape index (κ3) is 4.23. The van der Waals surface area contributed by atoms with Crippen LogP contribution in [0.3, 0.4) is 0 Å². The normalized spacial score (nSPS) is 16.5. The Morgan fingerprint density at radius 1 is 1.29 bits per heavy atom. The summed E-state index contributed by atoms with van der Waals surface area (Å²) in [5.74, 6) is 0.821. The molecule has 0 unspecified atom stereocenters. The number of rotatable bonds is 7. The average Bonchev–Trinajstić information content (AvgIpc) is 3.25. The van der Waals surface area contributed by atoms with Crippen LogP contribution >= 0.6 is 11.8 Å². The number of esters is 1. The highest BCUT2D eigenvalue weighted by molar-refractivity contribution is 7.99. The van der Waals surface area contributed by atoms with Gasteiger partial charge in [-0.25, -0.2) is 8.42 Å². The van der Waals surface area contributed by atoms with Crippen LogP contribution in [0.15, 0.2) is 34.1 Å². The van der Waals surface area contributed by atoms with Gasteiger partial charge in [-0.2, -0.15) is 0 Å². The molecular weight excluding hydrogens is 308 g/mol. The summed E-state index contributed by atoms with van der Waals surface area (Å²) in [5, 5.41) is 0. The molecule has 1 fully saturated rings. The van der Waals surface area contributed by atoms with E-state index in [1.165, 1.54) is 7.11 Å². The lowest BCUT2D eigenvalue weighted by Crippen LogP contribution is -2.12. The maximum atomic E-state index is 11.7. The molecule has 1 aromatic rings. The van der Waals surface area contributed by atoms with Gasteiger partial charge >= 0.3 is 5.97 Å². The SMILES string of the molecule is CCS(=O)(=O)c1ccc(SCC2(CC(=O)OC)CC2)cc1. The molecular formula is C15H20O4S2. The van der Waals surface area contributed by atoms with Crippen molar-refractivity contribution in [3.63, 3.8) is 0 Å². The molecule has 6 heteroatoms. The summed E-state index contributed by atoms with van der Waals surface area (Å²) < 4.78 is 28.2. The van der Waals surface area contributed by atoms with Crippen molar-refractivity contribution in [3.8, 4) is 0 Å². The van der Waals surface area contributed by atoms with Crippen molar-refractivity contribution < 1.29 is 17.9 Å². The molecule has 116 valence electrons. The minimum atomic E-state index is -3.14. The first-order chi connectivity index (χ1) is 9.91. The monoisotopic (exact) mass is 328 g/mol. The van der Waals surface area contributed by atoms with Crippen molar-refractivity contribution in [2.45, 2.75) is 36.0 Å². The Hall–Kier alpha value is -1.01. The van der Waals surface area contributed by atoms with Crippen LogP contribution in [0, 0.1) is 5.41 Å². The van der Waals surface area contributed by atoms with E-state index in [0.717, 1.165) is 23.5 Å². The van der Waals surface area contributed by atoms with Gasteiger partial charge in [-0.1, -0.05) is 6.92 Å². The molecule has 2 rings (SSSR count). The Bertz CT molecular complexity index is 601. The quantitative estimate of drug-likeness (QED) is 0.569. The first-order valence-corrected chi connectivity index (χ1v) is 9.57. The van der Waals surface area contributed by atoms with Crippen LogP contribution in [0.5, 0.6) is 0 Å². The van der Waals surface area contributed by atoms with E-state index in [9.17, 15) is 13.2 Å². The summed E-state index contributed by atoms with van der Waals surface area (Å²) in [7, 11) is -1.72. The molecule has 0 heterocycles. The van der Waals surface area contributed by atoms with Gasteiger partial charge in [0, 0.05) is 10.6 Å². The van der Waals surface area contributed by atoms with Crippen molar-refractivity contribution in [3.05, 3.63) is 24.3 Å². The number of methoxy groups -OCH3 is 1. The largest absolute Gasteiger partial charge is 0.469 e. The summed E-state index contributed by atoms with van der Waals surface area (Å²) in [4.78, 5) is 12.8. The minimum absolute atomic E-state index is 0.0753. The molecule has 21 heavy (non-hydrogen) atoms. The lowest BCUT2D eigenvalue weighted by atomic mass is 10.1. The van der Waals surface area contributed by atoms with Crippen molar-refractivity contribution in [2.24, 2.45) is 5.41 Å². The van der Waals surface area contributed by atoms with E-state index < -0.39 is 9.84 Å². The summed E-state index contributed by atoms with van der Waals surface area (Å²) in [6.45, 7) is 1.64. The Labute approximate surface area is 130 Å². The Morgan fingerprint density at radius 3 is 2.38 bits per heavy atom. The zero-order valence-corrected chi connectivity index (χ0v) is 13.9. The smallest absolute Gasteiger partial charge is 0.306 e. The van der Waals surface area contributed by atoms with Crippen LogP contribution in [-0.2, 0) is 19.4 Å². The lowest BCUT2D eigenvalue weighted by molar-refractivity contribution is -0.141. The molecule has 0 saturated heterocycles. The Balaban J connectivity index is 1.94. The van der Waals surface area contributed by atoms with E-state index in [-0.39, 0.29) is 17.1 Å². The summed E-state index contributed by atoms with van der Waals surface area (Å²) in [6.07, 6.45) is 2.58. The number of thioether (sulfide) groups is 1. The van der Waals surface area contributed by atoms with Gasteiger partial charge in [0.05, 0.1) is 24.2 Å². The van der Waals surface area contributed by atoms with E-state index in [0.29, 0.717) is 11.3 Å². The molecule has 1 saturated carbocycles. The summed E-state index contributed by atoms with van der Waals surface area (Å²) in [5.41, 5.74) is 0.0753. The number of hydrogen-bond donors (Lipinski definition) is 0. The predicted molar refractivity (Wildman–Crippen MR) is 83.2 cm³/mol. The molecule has 0 aliphatic heterocycles. The van der Waals surface area contributed by atoms with Crippen LogP contribution < -0.4 is 0 Å². The fraction of sp³-hybridized carbons (Fsp3) is 0.533. The van der Waals surface area contributed by atoms with Gasteiger partial charge in [0.2, 0.25) is 0 Å². The zero-order valence-electron chi connectivity index (χ0n) is 12.3. The van der Waals surface area contributed by atoms with Crippen LogP contribution in [-0.4, -0.2) is 33.0 Å². The van der Waals surface area contributed by atoms with Crippen LogP contribution in [0.2, 0.25) is 0 Å². The van der Waals surface area contributed by atoms with Gasteiger partial charge in [0.1, 0.15) is 0 Å². The van der Waals surface area contributed by atoms with Crippen molar-refractivity contribution in [2.75, 3.05) is 18.6 Å². The second kappa shape index (κ2) is 6.40. The Kier molecular flexibility index (Phi) is 4.99. The van der Waals surface area contributed by atoms with Gasteiger partial charge < -0.3 is 4.74 Å². The summed E-state index contributed by atoms with van der Waals surface area (Å²) in [6, 6.07) is 6.98. The standard InChI is InChI=1S/C15H20O4S2/c1-3-21(17,18)13-6-4-12(5-7-13)20-11-15(8-9-15)10-14(16)19-2/h4-7H,3,8-11H2,1-2H3. The highest BCUT2D eigenvalue weighted by atomic mass is 32.2. The number of carbonyl (C=O) groups is 1. The molecule has 0 atom stereocenters. The molecule has 0 amide bonds. The average molecular weight is 328 g/mol. The van der Waals surface area contributed by atoms with E-state index in [2.05, 4.69) is 0 Å². The van der Waals surface area contributed by atoms with Gasteiger partial charge in [0.15, 0.2) is 9.84 Å². The highest BCUT2D eigenvalue weighted by Gasteiger charge is 2.44. The lowest BCUT2D eigenvalue weighted by Gasteiger charge is -2.13. The van der Waals surface area contributed by atoms with Crippen molar-refractivity contribution >= 4 is 27.6 Å². The minimum Gasteiger partial charge on any atom is -0.469 e. The molecule has 0 spiro atoms. The van der Waals surface area contributed by atoms with Gasteiger partial charge in [-0.3, -0.25) is 4.79 Å². The number of ether oxygens (including phenoxy) is 1. The molecule has 0 N–H and O–H groups in total. The fourth-order valence-corrected chi connectivity index (χ4v) is 4.15. The van der Waals surface area contributed by atoms with Gasteiger partial charge in [-0.15, -0.1) is 11.8 Å². The van der Waals surface area contributed by atoms with Crippen LogP contribution in [0.4, 0.5) is 0 Å². The molecule has 1 aliphatic rings. The maximum absolute atomic E-state index is 11.7. The first-order valence-electron chi connectivity index (χ1n) is 6.93. The molecule has 0 bridgehead atoms. The molecule has 0 radical (unpaired) electrons. The fourth-order valence-electron chi connectivity index (χ4n) is 2.07. The topological polar surface area (TPSA) is 60.4 Å². The Morgan fingerprint density at radius 2 is 1.90 bits per heavy atom. The van der Waals surface area contributed by atoms with Crippen molar-refractivity contribution in [1.29, 1.82) is 0 Å². The molecule has 1 aliphatic carbocycles. The second-order valence-corrected chi connectivity index (χ2v) is 8.74. The van der Waals surface area contributed by atoms with Crippen molar-refractivity contribution in [1.82, 2.24) is 0 Å². The van der Waals surface area contributed by atoms with E-state index in [1.54, 1.807) is 30.8 Å². The summed E-state index contributed by atoms with van der Waals surface area (Å²) >= 11 is 1.67. The zero-order chi connectivity index (χ0) is 15.5. The molecule has 0 aromatic heterocycles. The van der Waals surface area contributed by atoms with E-state index in [1.807, 2.05) is 12.1 Å². The van der Waals surface area contributed by atoms with E-state index >= 15 is 0 Å². The maximum Gasteiger partial charge on any atom is 0.306 e. The van der Waals surface area contributed by atoms with Gasteiger partial charge in [0.25, 0.3) is 0 Å².